The zero-order valence-electron chi connectivity index (χ0n) is 11.7. The van der Waals surface area contributed by atoms with Crippen LogP contribution in [-0.2, 0) is 20.0 Å². The van der Waals surface area contributed by atoms with E-state index in [1.165, 1.54) is 11.1 Å². The number of rotatable bonds is 4. The van der Waals surface area contributed by atoms with Crippen LogP contribution in [0.1, 0.15) is 17.5 Å². The highest BCUT2D eigenvalue weighted by molar-refractivity contribution is 5.13. The van der Waals surface area contributed by atoms with E-state index in [2.05, 4.69) is 21.0 Å². The molecule has 1 fully saturated rings. The van der Waals surface area contributed by atoms with Gasteiger partial charge in [-0.15, -0.1) is 0 Å². The Bertz CT molecular complexity index is 554. The molecule has 1 aliphatic rings. The largest absolute Gasteiger partial charge is 0.391 e. The van der Waals surface area contributed by atoms with Gasteiger partial charge in [0.2, 0.25) is 0 Å². The summed E-state index contributed by atoms with van der Waals surface area (Å²) in [5.74, 6) is 0. The molecular formula is C15H20N4O. The van der Waals surface area contributed by atoms with Crippen LogP contribution < -0.4 is 0 Å². The van der Waals surface area contributed by atoms with Gasteiger partial charge in [-0.1, -0.05) is 6.07 Å². The Morgan fingerprint density at radius 1 is 1.35 bits per heavy atom. The van der Waals surface area contributed by atoms with Gasteiger partial charge < -0.3 is 5.11 Å². The van der Waals surface area contributed by atoms with E-state index in [0.29, 0.717) is 0 Å². The quantitative estimate of drug-likeness (QED) is 0.902. The van der Waals surface area contributed by atoms with Crippen molar-refractivity contribution in [1.29, 1.82) is 0 Å². The summed E-state index contributed by atoms with van der Waals surface area (Å²) in [5.41, 5.74) is 2.37. The monoisotopic (exact) mass is 272 g/mol. The lowest BCUT2D eigenvalue weighted by atomic mass is 10.0. The molecule has 5 nitrogen and oxygen atoms in total. The van der Waals surface area contributed by atoms with Crippen molar-refractivity contribution < 1.29 is 5.11 Å². The van der Waals surface area contributed by atoms with E-state index in [1.807, 2.05) is 36.4 Å². The van der Waals surface area contributed by atoms with E-state index in [1.54, 1.807) is 6.20 Å². The van der Waals surface area contributed by atoms with Gasteiger partial charge in [0.25, 0.3) is 0 Å². The Morgan fingerprint density at radius 3 is 2.95 bits per heavy atom. The summed E-state index contributed by atoms with van der Waals surface area (Å²) < 4.78 is 1.82. The van der Waals surface area contributed by atoms with Crippen molar-refractivity contribution in [2.75, 3.05) is 6.54 Å². The third-order valence-electron chi connectivity index (χ3n) is 3.94. The van der Waals surface area contributed by atoms with E-state index < -0.39 is 0 Å². The van der Waals surface area contributed by atoms with Crippen molar-refractivity contribution in [1.82, 2.24) is 19.7 Å². The van der Waals surface area contributed by atoms with Crippen molar-refractivity contribution in [3.63, 3.8) is 0 Å². The molecule has 5 heteroatoms. The first-order chi connectivity index (χ1) is 9.72. The number of hydrogen-bond acceptors (Lipinski definition) is 4. The lowest BCUT2D eigenvalue weighted by molar-refractivity contribution is 0.112. The summed E-state index contributed by atoms with van der Waals surface area (Å²) in [6.07, 6.45) is 9.01. The summed E-state index contributed by atoms with van der Waals surface area (Å²) >= 11 is 0. The number of likely N-dealkylation sites (tertiary alicyclic amines) is 1. The average molecular weight is 272 g/mol. The summed E-state index contributed by atoms with van der Waals surface area (Å²) in [7, 11) is 1.93. The van der Waals surface area contributed by atoms with Crippen LogP contribution in [0.2, 0.25) is 0 Å². The molecule has 0 bridgehead atoms. The van der Waals surface area contributed by atoms with Gasteiger partial charge in [-0.2, -0.15) is 5.10 Å². The molecule has 1 saturated heterocycles. The first kappa shape index (κ1) is 13.3. The number of aromatic nitrogens is 3. The van der Waals surface area contributed by atoms with Crippen molar-refractivity contribution in [2.24, 2.45) is 7.05 Å². The van der Waals surface area contributed by atoms with Crippen LogP contribution in [0.3, 0.4) is 0 Å². The Balaban J connectivity index is 1.70. The molecule has 3 rings (SSSR count). The fourth-order valence-corrected chi connectivity index (χ4v) is 2.91. The first-order valence-corrected chi connectivity index (χ1v) is 7.01. The van der Waals surface area contributed by atoms with Gasteiger partial charge in [0.05, 0.1) is 12.3 Å². The van der Waals surface area contributed by atoms with E-state index in [4.69, 9.17) is 0 Å². The van der Waals surface area contributed by atoms with Crippen molar-refractivity contribution >= 4 is 0 Å². The number of hydrogen-bond donors (Lipinski definition) is 1. The third-order valence-corrected chi connectivity index (χ3v) is 3.94. The number of aliphatic hydroxyl groups is 1. The van der Waals surface area contributed by atoms with Crippen molar-refractivity contribution in [3.8, 4) is 0 Å². The highest BCUT2D eigenvalue weighted by atomic mass is 16.3. The van der Waals surface area contributed by atoms with Gasteiger partial charge in [-0.25, -0.2) is 0 Å². The van der Waals surface area contributed by atoms with Gasteiger partial charge in [-0.05, 0) is 24.5 Å². The normalized spacial score (nSPS) is 23.3. The maximum atomic E-state index is 10.2. The predicted octanol–water partition coefficient (Wildman–Crippen LogP) is 0.993. The molecular weight excluding hydrogens is 252 g/mol. The molecule has 3 heterocycles. The molecule has 0 saturated carbocycles. The third kappa shape index (κ3) is 2.89. The van der Waals surface area contributed by atoms with Crippen molar-refractivity contribution in [3.05, 3.63) is 48.0 Å². The molecule has 106 valence electrons. The zero-order chi connectivity index (χ0) is 13.9. The van der Waals surface area contributed by atoms with Gasteiger partial charge >= 0.3 is 0 Å². The Labute approximate surface area is 118 Å². The molecule has 0 unspecified atom stereocenters. The zero-order valence-corrected chi connectivity index (χ0v) is 11.7. The van der Waals surface area contributed by atoms with Crippen LogP contribution in [0.25, 0.3) is 0 Å². The van der Waals surface area contributed by atoms with Gasteiger partial charge in [-0.3, -0.25) is 14.6 Å². The molecule has 1 aliphatic heterocycles. The Morgan fingerprint density at radius 2 is 2.25 bits per heavy atom. The van der Waals surface area contributed by atoms with Crippen LogP contribution in [0, 0.1) is 0 Å². The first-order valence-electron chi connectivity index (χ1n) is 7.01. The summed E-state index contributed by atoms with van der Waals surface area (Å²) in [5, 5.41) is 14.4. The lowest BCUT2D eigenvalue weighted by Gasteiger charge is -2.25. The molecule has 0 aliphatic carbocycles. The second-order valence-electron chi connectivity index (χ2n) is 5.48. The molecule has 0 aromatic carbocycles. The topological polar surface area (TPSA) is 54.2 Å². The van der Waals surface area contributed by atoms with E-state index >= 15 is 0 Å². The summed E-state index contributed by atoms with van der Waals surface area (Å²) in [6, 6.07) is 4.18. The molecule has 2 atom stereocenters. The predicted molar refractivity (Wildman–Crippen MR) is 76.0 cm³/mol. The van der Waals surface area contributed by atoms with Crippen molar-refractivity contribution in [2.45, 2.75) is 31.5 Å². The van der Waals surface area contributed by atoms with Gasteiger partial charge in [0.15, 0.2) is 0 Å². The minimum Gasteiger partial charge on any atom is -0.391 e. The Kier molecular flexibility index (Phi) is 3.80. The molecule has 1 N–H and O–H groups in total. The minimum atomic E-state index is -0.258. The number of pyridine rings is 1. The maximum absolute atomic E-state index is 10.2. The van der Waals surface area contributed by atoms with Crippen LogP contribution in [-0.4, -0.2) is 43.5 Å². The van der Waals surface area contributed by atoms with Crippen LogP contribution in [0.5, 0.6) is 0 Å². The SMILES string of the molecule is Cn1cc(CN2CC[C@H](O)[C@@H]2Cc2cccnc2)cn1. The Hall–Kier alpha value is -1.72. The average Bonchev–Trinajstić information content (AvgIpc) is 3.01. The standard InChI is InChI=1S/C15H20N4O/c1-18-10-13(9-17-18)11-19-6-4-15(20)14(19)7-12-3-2-5-16-8-12/h2-3,5,8-10,14-15,20H,4,6-7,11H2,1H3/t14-,15-/m0/s1. The summed E-state index contributed by atoms with van der Waals surface area (Å²) in [4.78, 5) is 6.49. The molecule has 2 aromatic rings. The van der Waals surface area contributed by atoms with Crippen LogP contribution in [0.4, 0.5) is 0 Å². The minimum absolute atomic E-state index is 0.166. The molecule has 2 aromatic heterocycles. The highest BCUT2D eigenvalue weighted by Gasteiger charge is 2.32. The van der Waals surface area contributed by atoms with E-state index in [-0.39, 0.29) is 12.1 Å². The lowest BCUT2D eigenvalue weighted by Crippen LogP contribution is -2.36. The fourth-order valence-electron chi connectivity index (χ4n) is 2.91. The van der Waals surface area contributed by atoms with Crippen LogP contribution in [0.15, 0.2) is 36.9 Å². The smallest absolute Gasteiger partial charge is 0.0710 e. The highest BCUT2D eigenvalue weighted by Crippen LogP contribution is 2.23. The molecule has 0 radical (unpaired) electrons. The summed E-state index contributed by atoms with van der Waals surface area (Å²) in [6.45, 7) is 1.77. The maximum Gasteiger partial charge on any atom is 0.0710 e. The molecule has 0 spiro atoms. The number of nitrogens with zero attached hydrogens (tertiary/aromatic N) is 4. The van der Waals surface area contributed by atoms with E-state index in [0.717, 1.165) is 25.9 Å². The number of aliphatic hydroxyl groups excluding tert-OH is 1. The van der Waals surface area contributed by atoms with Gasteiger partial charge in [0.1, 0.15) is 0 Å². The fraction of sp³-hybridized carbons (Fsp3) is 0.467. The van der Waals surface area contributed by atoms with Crippen LogP contribution >= 0.6 is 0 Å². The second kappa shape index (κ2) is 5.73. The molecule has 0 amide bonds. The number of aryl methyl sites for hydroxylation is 1. The van der Waals surface area contributed by atoms with E-state index in [9.17, 15) is 5.11 Å². The van der Waals surface area contributed by atoms with Gasteiger partial charge in [0, 0.05) is 50.3 Å². The second-order valence-corrected chi connectivity index (χ2v) is 5.48. The molecule has 20 heavy (non-hydrogen) atoms.